The van der Waals surface area contributed by atoms with Gasteiger partial charge in [-0.25, -0.2) is 0 Å². The second-order valence-corrected chi connectivity index (χ2v) is 7.87. The summed E-state index contributed by atoms with van der Waals surface area (Å²) in [6.45, 7) is 2.89. The second-order valence-electron chi connectivity index (χ2n) is 7.87. The fourth-order valence-corrected chi connectivity index (χ4v) is 3.84. The standard InChI is InChI=1S/C23H22F3N7O/c24-23(25,26)19-13-17-16(4-1-5-18(17)29-19)20-30-21(28-8-6-15-3-2-7-27-14-15)32-22(31-20)33-9-11-34-12-10-33/h1-5,7,13-14,29H,6,8-12H2,(H,28,30,31,32). The van der Waals surface area contributed by atoms with E-state index in [0.29, 0.717) is 73.5 Å². The average Bonchev–Trinajstić information content (AvgIpc) is 3.31. The van der Waals surface area contributed by atoms with E-state index >= 15 is 0 Å². The number of benzene rings is 1. The van der Waals surface area contributed by atoms with Gasteiger partial charge in [-0.3, -0.25) is 4.98 Å². The van der Waals surface area contributed by atoms with Gasteiger partial charge in [-0.05, 0) is 30.2 Å². The number of fused-ring (bicyclic) bond motifs is 1. The maximum atomic E-state index is 13.3. The Morgan fingerprint density at radius 3 is 2.68 bits per heavy atom. The fraction of sp³-hybridized carbons (Fsp3) is 0.304. The van der Waals surface area contributed by atoms with Crippen LogP contribution in [0.2, 0.25) is 0 Å². The summed E-state index contributed by atoms with van der Waals surface area (Å²) >= 11 is 0. The lowest BCUT2D eigenvalue weighted by molar-refractivity contribution is -0.140. The van der Waals surface area contributed by atoms with Crippen molar-refractivity contribution in [2.24, 2.45) is 0 Å². The monoisotopic (exact) mass is 469 g/mol. The third-order valence-corrected chi connectivity index (χ3v) is 5.55. The van der Waals surface area contributed by atoms with Gasteiger partial charge in [0, 0.05) is 48.5 Å². The Hall–Kier alpha value is -3.73. The van der Waals surface area contributed by atoms with E-state index in [2.05, 4.69) is 30.2 Å². The molecule has 8 nitrogen and oxygen atoms in total. The van der Waals surface area contributed by atoms with E-state index in [9.17, 15) is 13.2 Å². The molecular formula is C23H22F3N7O. The largest absolute Gasteiger partial charge is 0.431 e. The molecule has 0 spiro atoms. The lowest BCUT2D eigenvalue weighted by Gasteiger charge is -2.27. The van der Waals surface area contributed by atoms with Gasteiger partial charge in [0.1, 0.15) is 5.69 Å². The van der Waals surface area contributed by atoms with E-state index in [1.165, 1.54) is 0 Å². The first-order valence-electron chi connectivity index (χ1n) is 10.9. The number of alkyl halides is 3. The zero-order valence-corrected chi connectivity index (χ0v) is 18.1. The van der Waals surface area contributed by atoms with Crippen LogP contribution >= 0.6 is 0 Å². The molecule has 1 fully saturated rings. The molecule has 1 aromatic carbocycles. The van der Waals surface area contributed by atoms with Gasteiger partial charge in [0.25, 0.3) is 0 Å². The number of pyridine rings is 1. The van der Waals surface area contributed by atoms with Gasteiger partial charge in [0.15, 0.2) is 5.82 Å². The van der Waals surface area contributed by atoms with Crippen molar-refractivity contribution in [2.75, 3.05) is 43.1 Å². The highest BCUT2D eigenvalue weighted by Gasteiger charge is 2.33. The number of H-pyrrole nitrogens is 1. The van der Waals surface area contributed by atoms with Crippen molar-refractivity contribution in [3.05, 3.63) is 60.0 Å². The normalized spacial score (nSPS) is 14.5. The zero-order valence-electron chi connectivity index (χ0n) is 18.1. The van der Waals surface area contributed by atoms with Crippen LogP contribution < -0.4 is 10.2 Å². The molecule has 0 amide bonds. The predicted molar refractivity (Wildman–Crippen MR) is 122 cm³/mol. The molecule has 0 atom stereocenters. The molecule has 0 aliphatic carbocycles. The summed E-state index contributed by atoms with van der Waals surface area (Å²) in [5, 5.41) is 3.62. The number of hydrogen-bond acceptors (Lipinski definition) is 7. The highest BCUT2D eigenvalue weighted by Crippen LogP contribution is 2.35. The summed E-state index contributed by atoms with van der Waals surface area (Å²) in [5.74, 6) is 1.12. The predicted octanol–water partition coefficient (Wildman–Crippen LogP) is 3.92. The van der Waals surface area contributed by atoms with Gasteiger partial charge in [-0.15, -0.1) is 0 Å². The Kier molecular flexibility index (Phi) is 6.01. The number of anilines is 2. The van der Waals surface area contributed by atoms with Crippen LogP contribution in [-0.2, 0) is 17.3 Å². The van der Waals surface area contributed by atoms with Gasteiger partial charge in [-0.1, -0.05) is 18.2 Å². The van der Waals surface area contributed by atoms with E-state index in [1.54, 1.807) is 30.6 Å². The topological polar surface area (TPSA) is 91.8 Å². The van der Waals surface area contributed by atoms with Gasteiger partial charge in [0.2, 0.25) is 11.9 Å². The number of rotatable bonds is 6. The second kappa shape index (κ2) is 9.26. The van der Waals surface area contributed by atoms with Crippen molar-refractivity contribution in [1.29, 1.82) is 0 Å². The number of morpholine rings is 1. The van der Waals surface area contributed by atoms with Crippen LogP contribution in [0.25, 0.3) is 22.3 Å². The number of aromatic amines is 1. The van der Waals surface area contributed by atoms with Crippen molar-refractivity contribution >= 4 is 22.8 Å². The molecule has 0 saturated carbocycles. The van der Waals surface area contributed by atoms with E-state index < -0.39 is 11.9 Å². The van der Waals surface area contributed by atoms with Crippen LogP contribution in [0.4, 0.5) is 25.1 Å². The number of halogens is 3. The van der Waals surface area contributed by atoms with Crippen LogP contribution in [0.5, 0.6) is 0 Å². The molecule has 4 aromatic rings. The fourth-order valence-electron chi connectivity index (χ4n) is 3.84. The van der Waals surface area contributed by atoms with Crippen molar-refractivity contribution < 1.29 is 17.9 Å². The summed E-state index contributed by atoms with van der Waals surface area (Å²) in [4.78, 5) is 22.3. The highest BCUT2D eigenvalue weighted by molar-refractivity contribution is 5.94. The average molecular weight is 469 g/mol. The van der Waals surface area contributed by atoms with Gasteiger partial charge in [0.05, 0.1) is 13.2 Å². The van der Waals surface area contributed by atoms with E-state index in [-0.39, 0.29) is 0 Å². The Bertz CT molecular complexity index is 1270. The molecule has 3 aromatic heterocycles. The third-order valence-electron chi connectivity index (χ3n) is 5.55. The molecule has 5 rings (SSSR count). The highest BCUT2D eigenvalue weighted by atomic mass is 19.4. The van der Waals surface area contributed by atoms with E-state index in [0.717, 1.165) is 11.6 Å². The Labute approximate surface area is 193 Å². The lowest BCUT2D eigenvalue weighted by atomic mass is 10.1. The molecular weight excluding hydrogens is 447 g/mol. The van der Waals surface area contributed by atoms with Crippen molar-refractivity contribution in [3.63, 3.8) is 0 Å². The van der Waals surface area contributed by atoms with Crippen LogP contribution in [0, 0.1) is 0 Å². The molecule has 34 heavy (non-hydrogen) atoms. The van der Waals surface area contributed by atoms with Crippen LogP contribution in [0.1, 0.15) is 11.3 Å². The smallest absolute Gasteiger partial charge is 0.378 e. The Morgan fingerprint density at radius 2 is 1.91 bits per heavy atom. The Balaban J connectivity index is 1.50. The zero-order chi connectivity index (χ0) is 23.5. The third kappa shape index (κ3) is 4.79. The van der Waals surface area contributed by atoms with Gasteiger partial charge < -0.3 is 19.9 Å². The summed E-state index contributed by atoms with van der Waals surface area (Å²) in [6.07, 6.45) is -0.252. The summed E-state index contributed by atoms with van der Waals surface area (Å²) in [7, 11) is 0. The number of hydrogen-bond donors (Lipinski definition) is 2. The van der Waals surface area contributed by atoms with E-state index in [4.69, 9.17) is 4.74 Å². The molecule has 4 heterocycles. The minimum atomic E-state index is -4.48. The molecule has 1 aliphatic heterocycles. The van der Waals surface area contributed by atoms with E-state index in [1.807, 2.05) is 17.0 Å². The maximum absolute atomic E-state index is 13.3. The molecule has 0 radical (unpaired) electrons. The quantitative estimate of drug-likeness (QED) is 0.442. The number of nitrogens with zero attached hydrogens (tertiary/aromatic N) is 5. The minimum absolute atomic E-state index is 0.304. The molecule has 0 unspecified atom stereocenters. The molecule has 11 heteroatoms. The number of ether oxygens (including phenoxy) is 1. The number of nitrogens with one attached hydrogen (secondary N) is 2. The SMILES string of the molecule is FC(F)(F)c1cc2c(-c3nc(NCCc4cccnc4)nc(N4CCOCC4)n3)cccc2[nH]1. The van der Waals surface area contributed by atoms with Crippen LogP contribution in [0.15, 0.2) is 48.8 Å². The van der Waals surface area contributed by atoms with Crippen molar-refractivity contribution in [2.45, 2.75) is 12.6 Å². The first kappa shape index (κ1) is 22.1. The molecule has 1 saturated heterocycles. The molecule has 176 valence electrons. The molecule has 1 aliphatic rings. The maximum Gasteiger partial charge on any atom is 0.431 e. The van der Waals surface area contributed by atoms with Crippen molar-refractivity contribution in [1.82, 2.24) is 24.9 Å². The Morgan fingerprint density at radius 1 is 1.06 bits per heavy atom. The van der Waals surface area contributed by atoms with Crippen LogP contribution in [-0.4, -0.2) is 57.8 Å². The molecule has 0 bridgehead atoms. The summed E-state index contributed by atoms with van der Waals surface area (Å²) in [6, 6.07) is 9.96. The minimum Gasteiger partial charge on any atom is -0.378 e. The first-order valence-corrected chi connectivity index (χ1v) is 10.9. The molecule has 2 N–H and O–H groups in total. The van der Waals surface area contributed by atoms with Crippen molar-refractivity contribution in [3.8, 4) is 11.4 Å². The number of aromatic nitrogens is 5. The lowest BCUT2D eigenvalue weighted by Crippen LogP contribution is -2.37. The van der Waals surface area contributed by atoms with Gasteiger partial charge in [-0.2, -0.15) is 28.1 Å². The van der Waals surface area contributed by atoms with Crippen LogP contribution in [0.3, 0.4) is 0 Å². The first-order chi connectivity index (χ1) is 16.5. The van der Waals surface area contributed by atoms with Gasteiger partial charge >= 0.3 is 6.18 Å². The summed E-state index contributed by atoms with van der Waals surface area (Å²) < 4.78 is 45.3. The summed E-state index contributed by atoms with van der Waals surface area (Å²) in [5.41, 5.74) is 1.11.